The van der Waals surface area contributed by atoms with Gasteiger partial charge in [0, 0.05) is 5.56 Å². The van der Waals surface area contributed by atoms with Crippen LogP contribution in [0.2, 0.25) is 0 Å². The van der Waals surface area contributed by atoms with E-state index in [1.807, 2.05) is 0 Å². The standard InChI is InChI=1S/C14H9F3O/c1-8-7-9(5-6-11(8)15)14(18)10-3-2-4-12(16)13(10)17/h2-7H,1H3. The minimum absolute atomic E-state index is 0.124. The first-order valence-corrected chi connectivity index (χ1v) is 5.25. The Morgan fingerprint density at radius 1 is 1.00 bits per heavy atom. The molecule has 0 saturated carbocycles. The van der Waals surface area contributed by atoms with Crippen LogP contribution in [0.1, 0.15) is 21.5 Å². The van der Waals surface area contributed by atoms with E-state index in [-0.39, 0.29) is 16.7 Å². The fraction of sp³-hybridized carbons (Fsp3) is 0.0714. The van der Waals surface area contributed by atoms with Crippen molar-refractivity contribution in [3.8, 4) is 0 Å². The number of hydrogen-bond acceptors (Lipinski definition) is 1. The van der Waals surface area contributed by atoms with Crippen molar-refractivity contribution in [2.24, 2.45) is 0 Å². The summed E-state index contributed by atoms with van der Waals surface area (Å²) in [5, 5.41) is 0. The van der Waals surface area contributed by atoms with Crippen molar-refractivity contribution in [1.29, 1.82) is 0 Å². The van der Waals surface area contributed by atoms with Gasteiger partial charge in [0.15, 0.2) is 17.4 Å². The molecule has 1 nitrogen and oxygen atoms in total. The molecule has 0 aliphatic heterocycles. The zero-order valence-electron chi connectivity index (χ0n) is 9.51. The van der Waals surface area contributed by atoms with Crippen LogP contribution in [0, 0.1) is 24.4 Å². The summed E-state index contributed by atoms with van der Waals surface area (Å²) in [6.07, 6.45) is 0. The van der Waals surface area contributed by atoms with Crippen molar-refractivity contribution in [3.05, 3.63) is 70.5 Å². The Balaban J connectivity index is 2.48. The van der Waals surface area contributed by atoms with Gasteiger partial charge in [0.1, 0.15) is 5.82 Å². The Bertz CT molecular complexity index is 620. The SMILES string of the molecule is Cc1cc(C(=O)c2cccc(F)c2F)ccc1F. The molecule has 0 fully saturated rings. The van der Waals surface area contributed by atoms with E-state index in [4.69, 9.17) is 0 Å². The van der Waals surface area contributed by atoms with E-state index in [0.29, 0.717) is 0 Å². The summed E-state index contributed by atoms with van der Waals surface area (Å²) in [4.78, 5) is 12.0. The highest BCUT2D eigenvalue weighted by Gasteiger charge is 2.17. The second-order valence-electron chi connectivity index (χ2n) is 3.89. The molecule has 0 aliphatic carbocycles. The van der Waals surface area contributed by atoms with Crippen LogP contribution in [0.5, 0.6) is 0 Å². The monoisotopic (exact) mass is 250 g/mol. The lowest BCUT2D eigenvalue weighted by Gasteiger charge is -2.05. The third kappa shape index (κ3) is 2.14. The van der Waals surface area contributed by atoms with Crippen LogP contribution in [0.15, 0.2) is 36.4 Å². The van der Waals surface area contributed by atoms with Crippen molar-refractivity contribution in [3.63, 3.8) is 0 Å². The molecule has 0 unspecified atom stereocenters. The first kappa shape index (κ1) is 12.4. The van der Waals surface area contributed by atoms with Gasteiger partial charge in [-0.15, -0.1) is 0 Å². The normalized spacial score (nSPS) is 10.4. The molecule has 0 aromatic heterocycles. The molecule has 0 heterocycles. The van der Waals surface area contributed by atoms with Gasteiger partial charge in [-0.3, -0.25) is 4.79 Å². The van der Waals surface area contributed by atoms with Crippen LogP contribution in [0.25, 0.3) is 0 Å². The number of ketones is 1. The maximum atomic E-state index is 13.4. The Morgan fingerprint density at radius 2 is 1.72 bits per heavy atom. The van der Waals surface area contributed by atoms with Crippen LogP contribution < -0.4 is 0 Å². The predicted octanol–water partition coefficient (Wildman–Crippen LogP) is 3.64. The molecule has 2 aromatic carbocycles. The van der Waals surface area contributed by atoms with Crippen LogP contribution in [-0.2, 0) is 0 Å². The predicted molar refractivity (Wildman–Crippen MR) is 60.9 cm³/mol. The van der Waals surface area contributed by atoms with Crippen LogP contribution in [0.4, 0.5) is 13.2 Å². The van der Waals surface area contributed by atoms with Crippen molar-refractivity contribution < 1.29 is 18.0 Å². The molecule has 2 aromatic rings. The van der Waals surface area contributed by atoms with E-state index in [0.717, 1.165) is 12.1 Å². The lowest BCUT2D eigenvalue weighted by atomic mass is 10.0. The van der Waals surface area contributed by atoms with E-state index < -0.39 is 23.2 Å². The lowest BCUT2D eigenvalue weighted by molar-refractivity contribution is 0.103. The Hall–Kier alpha value is -2.10. The minimum Gasteiger partial charge on any atom is -0.288 e. The minimum atomic E-state index is -1.19. The number of benzene rings is 2. The summed E-state index contributed by atoms with van der Waals surface area (Å²) in [7, 11) is 0. The van der Waals surface area contributed by atoms with E-state index >= 15 is 0 Å². The fourth-order valence-electron chi connectivity index (χ4n) is 1.62. The molecule has 0 atom stereocenters. The van der Waals surface area contributed by atoms with E-state index in [1.165, 1.54) is 31.2 Å². The number of carbonyl (C=O) groups is 1. The summed E-state index contributed by atoms with van der Waals surface area (Å²) < 4.78 is 39.5. The van der Waals surface area contributed by atoms with E-state index in [2.05, 4.69) is 0 Å². The lowest BCUT2D eigenvalue weighted by Crippen LogP contribution is -2.06. The van der Waals surface area contributed by atoms with Crippen molar-refractivity contribution in [2.75, 3.05) is 0 Å². The molecule has 18 heavy (non-hydrogen) atoms. The maximum Gasteiger partial charge on any atom is 0.196 e. The van der Waals surface area contributed by atoms with Gasteiger partial charge >= 0.3 is 0 Å². The molecule has 0 spiro atoms. The zero-order chi connectivity index (χ0) is 13.3. The second kappa shape index (κ2) is 4.64. The number of hydrogen-bond donors (Lipinski definition) is 0. The summed E-state index contributed by atoms with van der Waals surface area (Å²) in [6.45, 7) is 1.49. The molecule has 0 bridgehead atoms. The second-order valence-corrected chi connectivity index (χ2v) is 3.89. The highest BCUT2D eigenvalue weighted by atomic mass is 19.2. The maximum absolute atomic E-state index is 13.4. The van der Waals surface area contributed by atoms with Crippen LogP contribution in [0.3, 0.4) is 0 Å². The van der Waals surface area contributed by atoms with Gasteiger partial charge in [-0.25, -0.2) is 13.2 Å². The first-order valence-electron chi connectivity index (χ1n) is 5.25. The topological polar surface area (TPSA) is 17.1 Å². The molecule has 92 valence electrons. The third-order valence-corrected chi connectivity index (χ3v) is 2.62. The Morgan fingerprint density at radius 3 is 2.39 bits per heavy atom. The average Bonchev–Trinajstić information content (AvgIpc) is 2.35. The molecule has 0 saturated heterocycles. The molecule has 4 heteroatoms. The summed E-state index contributed by atoms with van der Waals surface area (Å²) >= 11 is 0. The van der Waals surface area contributed by atoms with Crippen LogP contribution in [-0.4, -0.2) is 5.78 Å². The highest BCUT2D eigenvalue weighted by molar-refractivity contribution is 6.09. The molecule has 2 rings (SSSR count). The van der Waals surface area contributed by atoms with Crippen molar-refractivity contribution >= 4 is 5.78 Å². The molecule has 0 aliphatic rings. The average molecular weight is 250 g/mol. The van der Waals surface area contributed by atoms with Gasteiger partial charge in [-0.1, -0.05) is 6.07 Å². The fourth-order valence-corrected chi connectivity index (χ4v) is 1.62. The van der Waals surface area contributed by atoms with Gasteiger partial charge < -0.3 is 0 Å². The van der Waals surface area contributed by atoms with Crippen LogP contribution >= 0.6 is 0 Å². The quantitative estimate of drug-likeness (QED) is 0.743. The first-order chi connectivity index (χ1) is 8.50. The van der Waals surface area contributed by atoms with Crippen molar-refractivity contribution in [1.82, 2.24) is 0 Å². The van der Waals surface area contributed by atoms with Gasteiger partial charge in [0.25, 0.3) is 0 Å². The van der Waals surface area contributed by atoms with Gasteiger partial charge in [0.2, 0.25) is 0 Å². The van der Waals surface area contributed by atoms with Gasteiger partial charge in [-0.05, 0) is 42.8 Å². The number of rotatable bonds is 2. The van der Waals surface area contributed by atoms with Crippen molar-refractivity contribution in [2.45, 2.75) is 6.92 Å². The largest absolute Gasteiger partial charge is 0.288 e. The number of carbonyl (C=O) groups excluding carboxylic acids is 1. The Labute approximate surface area is 102 Å². The molecule has 0 radical (unpaired) electrons. The number of halogens is 3. The van der Waals surface area contributed by atoms with Gasteiger partial charge in [0.05, 0.1) is 5.56 Å². The summed E-state index contributed by atoms with van der Waals surface area (Å²) in [5.74, 6) is -3.40. The molecular formula is C14H9F3O. The Kier molecular flexibility index (Phi) is 3.19. The van der Waals surface area contributed by atoms with E-state index in [1.54, 1.807) is 0 Å². The molecular weight excluding hydrogens is 241 g/mol. The summed E-state index contributed by atoms with van der Waals surface area (Å²) in [6, 6.07) is 7.06. The zero-order valence-corrected chi connectivity index (χ0v) is 9.51. The number of aryl methyl sites for hydroxylation is 1. The smallest absolute Gasteiger partial charge is 0.196 e. The van der Waals surface area contributed by atoms with E-state index in [9.17, 15) is 18.0 Å². The van der Waals surface area contributed by atoms with Gasteiger partial charge in [-0.2, -0.15) is 0 Å². The molecule has 0 N–H and O–H groups in total. The molecule has 0 amide bonds. The highest BCUT2D eigenvalue weighted by Crippen LogP contribution is 2.18. The summed E-state index contributed by atoms with van der Waals surface area (Å²) in [5.41, 5.74) is 0.0390. The third-order valence-electron chi connectivity index (χ3n) is 2.62.